The van der Waals surface area contributed by atoms with Crippen LogP contribution < -0.4 is 5.73 Å². The lowest BCUT2D eigenvalue weighted by Gasteiger charge is -2.10. The second-order valence-corrected chi connectivity index (χ2v) is 4.40. The van der Waals surface area contributed by atoms with Crippen LogP contribution >= 0.6 is 0 Å². The van der Waals surface area contributed by atoms with E-state index in [1.807, 2.05) is 0 Å². The Hall–Kier alpha value is -2.37. The Morgan fingerprint density at radius 3 is 2.55 bits per heavy atom. The maximum Gasteiger partial charge on any atom is 0.280 e. The van der Waals surface area contributed by atoms with E-state index in [2.05, 4.69) is 9.97 Å². The summed E-state index contributed by atoms with van der Waals surface area (Å²) in [7, 11) is 0. The van der Waals surface area contributed by atoms with Gasteiger partial charge in [0.1, 0.15) is 5.69 Å². The summed E-state index contributed by atoms with van der Waals surface area (Å²) in [4.78, 5) is 19.4. The van der Waals surface area contributed by atoms with Crippen molar-refractivity contribution in [2.45, 2.75) is 20.3 Å². The number of Topliss-reactive ketones (excluding diaryl/α,β-unsaturated/α-hetero) is 1. The second-order valence-electron chi connectivity index (χ2n) is 4.40. The molecule has 20 heavy (non-hydrogen) atoms. The summed E-state index contributed by atoms with van der Waals surface area (Å²) < 4.78 is 24.9. The molecular formula is C14H13F2N3O. The van der Waals surface area contributed by atoms with E-state index in [1.54, 1.807) is 13.0 Å². The molecule has 0 bridgehead atoms. The molecule has 0 spiro atoms. The Morgan fingerprint density at radius 2 is 2.05 bits per heavy atom. The molecule has 2 rings (SSSR count). The second kappa shape index (κ2) is 5.32. The van der Waals surface area contributed by atoms with Crippen LogP contribution in [0.25, 0.3) is 11.3 Å². The molecule has 0 radical (unpaired) electrons. The standard InChI is InChI=1S/C14H13F2N3O/c1-7-5-10(8(2)20)12(17)13(19-7)9-3-4-11(14(15)16)18-6-9/h3-6,14H,17H2,1-2H3. The van der Waals surface area contributed by atoms with Crippen LogP contribution in [0.15, 0.2) is 24.4 Å². The number of hydrogen-bond donors (Lipinski definition) is 1. The van der Waals surface area contributed by atoms with E-state index in [0.29, 0.717) is 22.5 Å². The van der Waals surface area contributed by atoms with Crippen LogP contribution in [0, 0.1) is 6.92 Å². The number of alkyl halides is 2. The predicted octanol–water partition coefficient (Wildman–Crippen LogP) is 3.17. The van der Waals surface area contributed by atoms with Gasteiger partial charge in [-0.2, -0.15) is 0 Å². The van der Waals surface area contributed by atoms with Crippen LogP contribution in [0.1, 0.15) is 35.1 Å². The molecule has 0 saturated carbocycles. The van der Waals surface area contributed by atoms with Crippen LogP contribution in [0.3, 0.4) is 0 Å². The van der Waals surface area contributed by atoms with Crippen molar-refractivity contribution in [3.8, 4) is 11.3 Å². The average Bonchev–Trinajstić information content (AvgIpc) is 2.41. The highest BCUT2D eigenvalue weighted by atomic mass is 19.3. The molecule has 0 aliphatic heterocycles. The molecule has 0 aliphatic carbocycles. The van der Waals surface area contributed by atoms with Crippen LogP contribution in [0.5, 0.6) is 0 Å². The number of aromatic nitrogens is 2. The first-order chi connectivity index (χ1) is 9.40. The van der Waals surface area contributed by atoms with Gasteiger partial charge < -0.3 is 5.73 Å². The van der Waals surface area contributed by atoms with E-state index < -0.39 is 6.43 Å². The summed E-state index contributed by atoms with van der Waals surface area (Å²) in [5, 5.41) is 0. The fourth-order valence-corrected chi connectivity index (χ4v) is 1.87. The zero-order valence-electron chi connectivity index (χ0n) is 11.0. The molecular weight excluding hydrogens is 264 g/mol. The topological polar surface area (TPSA) is 68.9 Å². The fourth-order valence-electron chi connectivity index (χ4n) is 1.87. The number of pyridine rings is 2. The van der Waals surface area contributed by atoms with Crippen molar-refractivity contribution < 1.29 is 13.6 Å². The lowest BCUT2D eigenvalue weighted by molar-refractivity contribution is 0.101. The molecule has 6 heteroatoms. The zero-order chi connectivity index (χ0) is 14.9. The highest BCUT2D eigenvalue weighted by molar-refractivity contribution is 6.01. The number of nitrogen functional groups attached to an aromatic ring is 1. The fraction of sp³-hybridized carbons (Fsp3) is 0.214. The quantitative estimate of drug-likeness (QED) is 0.875. The first-order valence-corrected chi connectivity index (χ1v) is 5.92. The molecule has 2 N–H and O–H groups in total. The first-order valence-electron chi connectivity index (χ1n) is 5.92. The average molecular weight is 277 g/mol. The Morgan fingerprint density at radius 1 is 1.35 bits per heavy atom. The van der Waals surface area contributed by atoms with Gasteiger partial charge in [-0.15, -0.1) is 0 Å². The predicted molar refractivity (Wildman–Crippen MR) is 71.6 cm³/mol. The Labute approximate surface area is 114 Å². The van der Waals surface area contributed by atoms with E-state index >= 15 is 0 Å². The summed E-state index contributed by atoms with van der Waals surface area (Å²) >= 11 is 0. The minimum absolute atomic E-state index is 0.175. The number of hydrogen-bond acceptors (Lipinski definition) is 4. The number of ketones is 1. The van der Waals surface area contributed by atoms with Crippen molar-refractivity contribution in [2.75, 3.05) is 5.73 Å². The van der Waals surface area contributed by atoms with Gasteiger partial charge in [0.15, 0.2) is 5.78 Å². The third-order valence-electron chi connectivity index (χ3n) is 2.85. The van der Waals surface area contributed by atoms with Crippen molar-refractivity contribution in [2.24, 2.45) is 0 Å². The van der Waals surface area contributed by atoms with Crippen molar-refractivity contribution in [1.29, 1.82) is 0 Å². The van der Waals surface area contributed by atoms with E-state index in [1.165, 1.54) is 25.3 Å². The largest absolute Gasteiger partial charge is 0.396 e. The number of nitrogens with two attached hydrogens (primary N) is 1. The molecule has 0 atom stereocenters. The third-order valence-corrected chi connectivity index (χ3v) is 2.85. The van der Waals surface area contributed by atoms with Crippen LogP contribution in [-0.4, -0.2) is 15.8 Å². The summed E-state index contributed by atoms with van der Waals surface area (Å²) in [5.41, 5.74) is 7.71. The maximum atomic E-state index is 12.5. The van der Waals surface area contributed by atoms with Gasteiger partial charge >= 0.3 is 0 Å². The summed E-state index contributed by atoms with van der Waals surface area (Å²) in [6.45, 7) is 3.14. The van der Waals surface area contributed by atoms with Crippen LogP contribution in [0.4, 0.5) is 14.5 Å². The molecule has 0 fully saturated rings. The van der Waals surface area contributed by atoms with Crippen molar-refractivity contribution >= 4 is 11.5 Å². The molecule has 0 saturated heterocycles. The lowest BCUT2D eigenvalue weighted by Crippen LogP contribution is -2.05. The maximum absolute atomic E-state index is 12.5. The molecule has 104 valence electrons. The molecule has 0 aromatic carbocycles. The summed E-state index contributed by atoms with van der Waals surface area (Å²) in [6.07, 6.45) is -1.34. The Kier molecular flexibility index (Phi) is 3.74. The zero-order valence-corrected chi connectivity index (χ0v) is 11.0. The summed E-state index contributed by atoms with van der Waals surface area (Å²) in [6, 6.07) is 4.29. The van der Waals surface area contributed by atoms with Gasteiger partial charge in [0.2, 0.25) is 0 Å². The molecule has 4 nitrogen and oxygen atoms in total. The highest BCUT2D eigenvalue weighted by Crippen LogP contribution is 2.28. The van der Waals surface area contributed by atoms with E-state index in [4.69, 9.17) is 5.73 Å². The highest BCUT2D eigenvalue weighted by Gasteiger charge is 2.15. The van der Waals surface area contributed by atoms with Gasteiger partial charge in [-0.3, -0.25) is 14.8 Å². The van der Waals surface area contributed by atoms with Crippen molar-refractivity contribution in [3.63, 3.8) is 0 Å². The first kappa shape index (κ1) is 14.0. The molecule has 0 aliphatic rings. The smallest absolute Gasteiger partial charge is 0.280 e. The van der Waals surface area contributed by atoms with Crippen LogP contribution in [0.2, 0.25) is 0 Å². The number of aryl methyl sites for hydroxylation is 1. The Balaban J connectivity index is 2.54. The molecule has 2 aromatic rings. The van der Waals surface area contributed by atoms with Gasteiger partial charge in [0.25, 0.3) is 6.43 Å². The number of nitrogens with zero attached hydrogens (tertiary/aromatic N) is 2. The normalized spacial score (nSPS) is 10.8. The number of anilines is 1. The SMILES string of the molecule is CC(=O)c1cc(C)nc(-c2ccc(C(F)F)nc2)c1N. The molecule has 2 aromatic heterocycles. The molecule has 0 amide bonds. The molecule has 0 unspecified atom stereocenters. The molecule has 2 heterocycles. The monoisotopic (exact) mass is 277 g/mol. The number of halogens is 2. The van der Waals surface area contributed by atoms with E-state index in [0.717, 1.165) is 0 Å². The Bertz CT molecular complexity index is 654. The van der Waals surface area contributed by atoms with Gasteiger partial charge in [0.05, 0.1) is 11.4 Å². The van der Waals surface area contributed by atoms with Crippen molar-refractivity contribution in [1.82, 2.24) is 9.97 Å². The summed E-state index contributed by atoms with van der Waals surface area (Å²) in [5.74, 6) is -0.175. The van der Waals surface area contributed by atoms with Crippen LogP contribution in [-0.2, 0) is 0 Å². The van der Waals surface area contributed by atoms with E-state index in [9.17, 15) is 13.6 Å². The number of carbonyl (C=O) groups excluding carboxylic acids is 1. The van der Waals surface area contributed by atoms with Gasteiger partial charge in [-0.1, -0.05) is 0 Å². The third kappa shape index (κ3) is 2.64. The van der Waals surface area contributed by atoms with Gasteiger partial charge in [-0.05, 0) is 32.0 Å². The minimum Gasteiger partial charge on any atom is -0.396 e. The lowest BCUT2D eigenvalue weighted by atomic mass is 10.0. The van der Waals surface area contributed by atoms with Gasteiger partial charge in [0, 0.05) is 23.0 Å². The van der Waals surface area contributed by atoms with Crippen molar-refractivity contribution in [3.05, 3.63) is 41.3 Å². The van der Waals surface area contributed by atoms with E-state index in [-0.39, 0.29) is 17.2 Å². The minimum atomic E-state index is -2.63. The number of rotatable bonds is 3. The number of carbonyl (C=O) groups is 1. The van der Waals surface area contributed by atoms with Gasteiger partial charge in [-0.25, -0.2) is 8.78 Å².